The van der Waals surface area contributed by atoms with Crippen LogP contribution in [0.1, 0.15) is 59.3 Å². The molecular formula is C15H32Cl2I5O10S3V2. The average Bonchev–Trinajstić information content (AvgIpc) is 3.33. The first-order valence-electron chi connectivity index (χ1n) is 10.2. The fraction of sp³-hybridized carbons (Fsp3) is 1.00. The molecule has 37 heavy (non-hydrogen) atoms. The van der Waals surface area contributed by atoms with E-state index in [0.717, 1.165) is 32.1 Å². The summed E-state index contributed by atoms with van der Waals surface area (Å²) in [5, 5.41) is 16.8. The number of rotatable bonds is 7. The number of halogens is 7. The third-order valence-electron chi connectivity index (χ3n) is 3.27. The van der Waals surface area contributed by atoms with Crippen LogP contribution in [0.5, 0.6) is 0 Å². The molecule has 0 aromatic heterocycles. The van der Waals surface area contributed by atoms with Crippen LogP contribution >= 0.6 is 121 Å². The van der Waals surface area contributed by atoms with Gasteiger partial charge in [0, 0.05) is 21.4 Å². The maximum atomic E-state index is 10.5. The SMILES string of the molecule is CCC[C@@H](O)CO.CCC[C@@H]1COS(=O)(=O)O1.CCC[C@@H]1COS(=O)O1.O=S(Cl)Cl.[I][V]([I])[I].[I][V][I]. The zero-order valence-electron chi connectivity index (χ0n) is 20.0. The molecule has 1 unspecified atom stereocenters. The van der Waals surface area contributed by atoms with E-state index in [1.165, 1.54) is 0 Å². The molecule has 0 aliphatic carbocycles. The molecule has 4 atom stereocenters. The van der Waals surface area contributed by atoms with E-state index < -0.39 is 37.1 Å². The fourth-order valence-corrected chi connectivity index (χ4v) is 3.56. The summed E-state index contributed by atoms with van der Waals surface area (Å²) in [6.07, 6.45) is 4.58. The predicted octanol–water partition coefficient (Wildman–Crippen LogP) is 6.83. The summed E-state index contributed by atoms with van der Waals surface area (Å²) in [6, 6.07) is 0. The Morgan fingerprint density at radius 1 is 1.08 bits per heavy atom. The van der Waals surface area contributed by atoms with Gasteiger partial charge in [0.1, 0.15) is 12.2 Å². The molecule has 0 bridgehead atoms. The minimum atomic E-state index is -3.62. The predicted molar refractivity (Wildman–Crippen MR) is 186 cm³/mol. The minimum absolute atomic E-state index is 0.0656. The molecule has 2 aliphatic rings. The number of hydrogen-bond donors (Lipinski definition) is 2. The summed E-state index contributed by atoms with van der Waals surface area (Å²) in [6.45, 7) is 6.56. The molecule has 0 saturated carbocycles. The van der Waals surface area contributed by atoms with Crippen molar-refractivity contribution < 1.29 is 58.2 Å². The molecule has 0 aromatic rings. The van der Waals surface area contributed by atoms with Crippen molar-refractivity contribution in [3.05, 3.63) is 0 Å². The van der Waals surface area contributed by atoms with E-state index in [1.807, 2.05) is 13.8 Å². The molecular weight excluding hydrogens is 1240 g/mol. The van der Waals surface area contributed by atoms with Crippen LogP contribution in [-0.4, -0.2) is 65.2 Å². The Labute approximate surface area is 302 Å². The van der Waals surface area contributed by atoms with Gasteiger partial charge in [-0.1, -0.05) is 40.0 Å². The van der Waals surface area contributed by atoms with Crippen LogP contribution in [0.2, 0.25) is 0 Å². The molecule has 2 aliphatic heterocycles. The van der Waals surface area contributed by atoms with E-state index in [0.29, 0.717) is 22.5 Å². The molecule has 0 amide bonds. The third kappa shape index (κ3) is 48.5. The molecule has 2 N–H and O–H groups in total. The zero-order chi connectivity index (χ0) is 29.9. The Morgan fingerprint density at radius 2 is 1.51 bits per heavy atom. The second kappa shape index (κ2) is 35.9. The quantitative estimate of drug-likeness (QED) is 0.206. The first kappa shape index (κ1) is 49.3. The third-order valence-corrected chi connectivity index (χ3v) is 4.96. The standard InChI is InChI=1S/C5H10O4S.C5H10O3S.C5H12O2.Cl2OS.5HI.2V/c1-2-3-5-4-8-10(6,7)9-5;1-2-3-5-4-7-9(6)8-5;1-2-3-5(7)4-6;1-4(2)3;;;;;;;/h5H,2-4H2,1H3;5H,2-4H2,1H3;5-7H,2-4H2,1H3;;5*1H;;/q;;;;;;;;;+2;+3/p-5/t5-;5-,9?;5-;;;;;;;;/m111......../s1. The Bertz CT molecular complexity index is 645. The van der Waals surface area contributed by atoms with Crippen LogP contribution in [0.3, 0.4) is 0 Å². The van der Waals surface area contributed by atoms with Gasteiger partial charge in [-0.15, -0.1) is 0 Å². The molecule has 2 rings (SSSR count). The average molecular weight is 1280 g/mol. The maximum absolute atomic E-state index is 10.5. The summed E-state index contributed by atoms with van der Waals surface area (Å²) >= 11 is 10.7. The fourth-order valence-electron chi connectivity index (χ4n) is 2.01. The van der Waals surface area contributed by atoms with Gasteiger partial charge < -0.3 is 10.2 Å². The first-order chi connectivity index (χ1) is 17.2. The Kier molecular flexibility index (Phi) is 47.8. The summed E-state index contributed by atoms with van der Waals surface area (Å²) in [5.74, 6) is 0. The monoisotopic (exact) mass is 1270 g/mol. The number of aliphatic hydroxyl groups excluding tert-OH is 2. The molecule has 0 radical (unpaired) electrons. The van der Waals surface area contributed by atoms with Crippen LogP contribution in [0.25, 0.3) is 0 Å². The molecule has 2 saturated heterocycles. The van der Waals surface area contributed by atoms with Crippen molar-refractivity contribution in [3.8, 4) is 0 Å². The Balaban J connectivity index is -0.000000187. The van der Waals surface area contributed by atoms with Crippen molar-refractivity contribution in [2.75, 3.05) is 19.8 Å². The summed E-state index contributed by atoms with van der Waals surface area (Å²) in [7, 11) is 4.37. The molecule has 2 heterocycles. The Morgan fingerprint density at radius 3 is 1.76 bits per heavy atom. The van der Waals surface area contributed by atoms with Crippen molar-refractivity contribution in [2.24, 2.45) is 0 Å². The topological polar surface area (TPSA) is 146 Å². The van der Waals surface area contributed by atoms with E-state index in [-0.39, 0.29) is 30.3 Å². The first-order valence-corrected chi connectivity index (χ1v) is 37.8. The second-order valence-corrected chi connectivity index (χ2v) is 58.0. The van der Waals surface area contributed by atoms with E-state index in [2.05, 4.69) is 141 Å². The van der Waals surface area contributed by atoms with Gasteiger partial charge in [0.05, 0.1) is 25.9 Å². The normalized spacial score (nSPS) is 21.8. The van der Waals surface area contributed by atoms with Crippen LogP contribution in [0.4, 0.5) is 0 Å². The second-order valence-electron chi connectivity index (χ2n) is 6.26. The number of aliphatic hydroxyl groups is 2. The summed E-state index contributed by atoms with van der Waals surface area (Å²) < 4.78 is 58.8. The van der Waals surface area contributed by atoms with Crippen molar-refractivity contribution in [1.29, 1.82) is 0 Å². The molecule has 229 valence electrons. The van der Waals surface area contributed by atoms with Crippen molar-refractivity contribution in [1.82, 2.24) is 0 Å². The van der Waals surface area contributed by atoms with E-state index in [4.69, 9.17) is 18.6 Å². The van der Waals surface area contributed by atoms with Gasteiger partial charge >= 0.3 is 136 Å². The van der Waals surface area contributed by atoms with Gasteiger partial charge in [-0.05, 0) is 19.3 Å². The zero-order valence-corrected chi connectivity index (χ0v) is 37.6. The van der Waals surface area contributed by atoms with Crippen molar-refractivity contribution >= 4 is 152 Å². The van der Waals surface area contributed by atoms with Crippen LogP contribution < -0.4 is 0 Å². The van der Waals surface area contributed by atoms with Crippen molar-refractivity contribution in [3.63, 3.8) is 0 Å². The van der Waals surface area contributed by atoms with Crippen molar-refractivity contribution in [2.45, 2.75) is 77.6 Å². The van der Waals surface area contributed by atoms with Crippen LogP contribution in [0, 0.1) is 0 Å². The van der Waals surface area contributed by atoms with Gasteiger partial charge in [-0.3, -0.25) is 8.37 Å². The molecule has 2 fully saturated rings. The Hall–Kier alpha value is 5.41. The summed E-state index contributed by atoms with van der Waals surface area (Å²) in [4.78, 5) is -0.278. The van der Waals surface area contributed by atoms with Crippen LogP contribution in [0.15, 0.2) is 0 Å². The van der Waals surface area contributed by atoms with Gasteiger partial charge in [0.15, 0.2) is 0 Å². The van der Waals surface area contributed by atoms with Gasteiger partial charge in [-0.2, -0.15) is 12.6 Å². The van der Waals surface area contributed by atoms with E-state index in [1.54, 1.807) is 0 Å². The molecule has 0 aromatic carbocycles. The molecule has 22 heteroatoms. The van der Waals surface area contributed by atoms with E-state index >= 15 is 0 Å². The number of hydrogen-bond acceptors (Lipinski definition) is 10. The van der Waals surface area contributed by atoms with E-state index in [9.17, 15) is 12.6 Å². The molecule has 10 nitrogen and oxygen atoms in total. The molecule has 0 spiro atoms. The van der Waals surface area contributed by atoms with Gasteiger partial charge in [0.2, 0.25) is 9.23 Å². The van der Waals surface area contributed by atoms with Gasteiger partial charge in [-0.25, -0.2) is 12.6 Å². The van der Waals surface area contributed by atoms with Gasteiger partial charge in [0.25, 0.3) is 0 Å². The van der Waals surface area contributed by atoms with Crippen LogP contribution in [-0.2, 0) is 62.1 Å². The summed E-state index contributed by atoms with van der Waals surface area (Å²) in [5.41, 5.74) is 0.